The zero-order valence-corrected chi connectivity index (χ0v) is 9.16. The summed E-state index contributed by atoms with van der Waals surface area (Å²) >= 11 is 0. The SMILES string of the molecule is CCOCCOC(=O)c1ccccc1C. The van der Waals surface area contributed by atoms with Gasteiger partial charge in [-0.15, -0.1) is 0 Å². The predicted molar refractivity (Wildman–Crippen MR) is 58.0 cm³/mol. The third-order valence-electron chi connectivity index (χ3n) is 2.03. The van der Waals surface area contributed by atoms with Crippen molar-refractivity contribution < 1.29 is 14.3 Å². The van der Waals surface area contributed by atoms with Crippen molar-refractivity contribution in [2.24, 2.45) is 0 Å². The predicted octanol–water partition coefficient (Wildman–Crippen LogP) is 2.19. The topological polar surface area (TPSA) is 35.5 Å². The van der Waals surface area contributed by atoms with Crippen LogP contribution in [0.3, 0.4) is 0 Å². The third-order valence-corrected chi connectivity index (χ3v) is 2.03. The van der Waals surface area contributed by atoms with E-state index in [9.17, 15) is 4.79 Å². The van der Waals surface area contributed by atoms with Crippen LogP contribution in [-0.2, 0) is 9.47 Å². The molecule has 0 unspecified atom stereocenters. The minimum atomic E-state index is -0.284. The van der Waals surface area contributed by atoms with Crippen molar-refractivity contribution in [1.82, 2.24) is 0 Å². The van der Waals surface area contributed by atoms with E-state index in [1.54, 1.807) is 6.07 Å². The van der Waals surface area contributed by atoms with Crippen LogP contribution in [0.25, 0.3) is 0 Å². The Kier molecular flexibility index (Phi) is 4.84. The molecule has 0 amide bonds. The molecule has 0 saturated heterocycles. The van der Waals surface area contributed by atoms with E-state index in [0.717, 1.165) is 5.56 Å². The van der Waals surface area contributed by atoms with Gasteiger partial charge in [0, 0.05) is 6.61 Å². The van der Waals surface area contributed by atoms with E-state index in [0.29, 0.717) is 25.4 Å². The maximum absolute atomic E-state index is 11.6. The number of hydrogen-bond acceptors (Lipinski definition) is 3. The van der Waals surface area contributed by atoms with Gasteiger partial charge in [0.2, 0.25) is 0 Å². The molecule has 0 atom stereocenters. The molecule has 1 aromatic carbocycles. The molecule has 0 aliphatic carbocycles. The van der Waals surface area contributed by atoms with E-state index >= 15 is 0 Å². The molecule has 0 spiro atoms. The van der Waals surface area contributed by atoms with Crippen molar-refractivity contribution in [3.8, 4) is 0 Å². The molecule has 0 aromatic heterocycles. The number of hydrogen-bond donors (Lipinski definition) is 0. The quantitative estimate of drug-likeness (QED) is 0.549. The van der Waals surface area contributed by atoms with Gasteiger partial charge < -0.3 is 9.47 Å². The smallest absolute Gasteiger partial charge is 0.338 e. The molecule has 0 fully saturated rings. The Hall–Kier alpha value is -1.35. The Bertz CT molecular complexity index is 320. The zero-order valence-electron chi connectivity index (χ0n) is 9.16. The monoisotopic (exact) mass is 208 g/mol. The summed E-state index contributed by atoms with van der Waals surface area (Å²) in [6.07, 6.45) is 0. The first kappa shape index (κ1) is 11.7. The Morgan fingerprint density at radius 3 is 2.67 bits per heavy atom. The Balaban J connectivity index is 2.44. The lowest BCUT2D eigenvalue weighted by Gasteiger charge is -2.06. The highest BCUT2D eigenvalue weighted by Crippen LogP contribution is 2.08. The molecule has 3 nitrogen and oxygen atoms in total. The molecule has 0 aliphatic rings. The standard InChI is InChI=1S/C12H16O3/c1-3-14-8-9-15-12(13)11-7-5-4-6-10(11)2/h4-7H,3,8-9H2,1-2H3. The Morgan fingerprint density at radius 1 is 1.27 bits per heavy atom. The van der Waals surface area contributed by atoms with Gasteiger partial charge in [-0.1, -0.05) is 18.2 Å². The van der Waals surface area contributed by atoms with Crippen molar-refractivity contribution in [1.29, 1.82) is 0 Å². The van der Waals surface area contributed by atoms with E-state index in [1.807, 2.05) is 32.0 Å². The van der Waals surface area contributed by atoms with Crippen LogP contribution < -0.4 is 0 Å². The molecule has 82 valence electrons. The van der Waals surface area contributed by atoms with Gasteiger partial charge in [0.15, 0.2) is 0 Å². The Morgan fingerprint density at radius 2 is 2.00 bits per heavy atom. The lowest BCUT2D eigenvalue weighted by Crippen LogP contribution is -2.11. The van der Waals surface area contributed by atoms with Crippen LogP contribution in [0.2, 0.25) is 0 Å². The Labute approximate surface area is 90.0 Å². The van der Waals surface area contributed by atoms with Gasteiger partial charge >= 0.3 is 5.97 Å². The first-order valence-electron chi connectivity index (χ1n) is 5.06. The van der Waals surface area contributed by atoms with Gasteiger partial charge in [-0.3, -0.25) is 0 Å². The van der Waals surface area contributed by atoms with E-state index in [1.165, 1.54) is 0 Å². The number of rotatable bonds is 5. The molecule has 0 heterocycles. The number of benzene rings is 1. The largest absolute Gasteiger partial charge is 0.460 e. The fourth-order valence-electron chi connectivity index (χ4n) is 1.22. The summed E-state index contributed by atoms with van der Waals surface area (Å²) in [6.45, 7) is 5.19. The van der Waals surface area contributed by atoms with Gasteiger partial charge in [0.1, 0.15) is 6.61 Å². The summed E-state index contributed by atoms with van der Waals surface area (Å²) in [5, 5.41) is 0. The fourth-order valence-corrected chi connectivity index (χ4v) is 1.22. The van der Waals surface area contributed by atoms with Crippen molar-refractivity contribution in [2.45, 2.75) is 13.8 Å². The molecule has 0 aliphatic heterocycles. The molecule has 3 heteroatoms. The van der Waals surface area contributed by atoms with Gasteiger partial charge in [-0.2, -0.15) is 0 Å². The van der Waals surface area contributed by atoms with Crippen LogP contribution in [0, 0.1) is 6.92 Å². The number of carbonyl (C=O) groups excluding carboxylic acids is 1. The second kappa shape index (κ2) is 6.19. The van der Waals surface area contributed by atoms with Crippen LogP contribution in [0.1, 0.15) is 22.8 Å². The molecule has 1 aromatic rings. The third kappa shape index (κ3) is 3.72. The van der Waals surface area contributed by atoms with E-state index in [4.69, 9.17) is 9.47 Å². The normalized spacial score (nSPS) is 10.0. The zero-order chi connectivity index (χ0) is 11.1. The van der Waals surface area contributed by atoms with E-state index in [-0.39, 0.29) is 5.97 Å². The first-order chi connectivity index (χ1) is 7.25. The van der Waals surface area contributed by atoms with Crippen LogP contribution in [0.5, 0.6) is 0 Å². The summed E-state index contributed by atoms with van der Waals surface area (Å²) in [4.78, 5) is 11.6. The highest BCUT2D eigenvalue weighted by atomic mass is 16.6. The van der Waals surface area contributed by atoms with Crippen LogP contribution >= 0.6 is 0 Å². The number of esters is 1. The summed E-state index contributed by atoms with van der Waals surface area (Å²) in [5.74, 6) is -0.284. The van der Waals surface area contributed by atoms with Crippen LogP contribution in [0.4, 0.5) is 0 Å². The first-order valence-corrected chi connectivity index (χ1v) is 5.06. The maximum atomic E-state index is 11.6. The lowest BCUT2D eigenvalue weighted by molar-refractivity contribution is 0.0334. The van der Waals surface area contributed by atoms with Gasteiger partial charge in [0.05, 0.1) is 12.2 Å². The van der Waals surface area contributed by atoms with Gasteiger partial charge in [-0.25, -0.2) is 4.79 Å². The molecule has 0 saturated carbocycles. The molecular weight excluding hydrogens is 192 g/mol. The fraction of sp³-hybridized carbons (Fsp3) is 0.417. The van der Waals surface area contributed by atoms with Gasteiger partial charge in [0.25, 0.3) is 0 Å². The van der Waals surface area contributed by atoms with Crippen molar-refractivity contribution in [2.75, 3.05) is 19.8 Å². The summed E-state index contributed by atoms with van der Waals surface area (Å²) in [5.41, 5.74) is 1.55. The molecule has 0 radical (unpaired) electrons. The van der Waals surface area contributed by atoms with Crippen molar-refractivity contribution in [3.05, 3.63) is 35.4 Å². The number of carbonyl (C=O) groups is 1. The highest BCUT2D eigenvalue weighted by Gasteiger charge is 2.08. The van der Waals surface area contributed by atoms with Crippen molar-refractivity contribution >= 4 is 5.97 Å². The summed E-state index contributed by atoms with van der Waals surface area (Å²) < 4.78 is 10.1. The molecule has 0 N–H and O–H groups in total. The lowest BCUT2D eigenvalue weighted by atomic mass is 10.1. The van der Waals surface area contributed by atoms with Crippen LogP contribution in [0.15, 0.2) is 24.3 Å². The molecule has 1 rings (SSSR count). The summed E-state index contributed by atoms with van der Waals surface area (Å²) in [6, 6.07) is 7.37. The summed E-state index contributed by atoms with van der Waals surface area (Å²) in [7, 11) is 0. The minimum Gasteiger partial charge on any atom is -0.460 e. The minimum absolute atomic E-state index is 0.284. The average Bonchev–Trinajstić information content (AvgIpc) is 2.25. The average molecular weight is 208 g/mol. The van der Waals surface area contributed by atoms with Gasteiger partial charge in [-0.05, 0) is 25.5 Å². The molecule has 15 heavy (non-hydrogen) atoms. The second-order valence-electron chi connectivity index (χ2n) is 3.15. The maximum Gasteiger partial charge on any atom is 0.338 e. The second-order valence-corrected chi connectivity index (χ2v) is 3.15. The van der Waals surface area contributed by atoms with Crippen LogP contribution in [-0.4, -0.2) is 25.8 Å². The number of aryl methyl sites for hydroxylation is 1. The number of ether oxygens (including phenoxy) is 2. The molecule has 0 bridgehead atoms. The highest BCUT2D eigenvalue weighted by molar-refractivity contribution is 5.90. The van der Waals surface area contributed by atoms with E-state index < -0.39 is 0 Å². The van der Waals surface area contributed by atoms with Crippen molar-refractivity contribution in [3.63, 3.8) is 0 Å². The molecular formula is C12H16O3. The van der Waals surface area contributed by atoms with E-state index in [2.05, 4.69) is 0 Å².